The van der Waals surface area contributed by atoms with Crippen molar-refractivity contribution in [3.8, 4) is 0 Å². The molecule has 0 aliphatic heterocycles. The summed E-state index contributed by atoms with van der Waals surface area (Å²) in [5, 5.41) is 11.0. The minimum Gasteiger partial charge on any atom is -0.406 e. The van der Waals surface area contributed by atoms with E-state index in [1.807, 2.05) is 13.8 Å². The van der Waals surface area contributed by atoms with Gasteiger partial charge in [-0.2, -0.15) is 0 Å². The summed E-state index contributed by atoms with van der Waals surface area (Å²) in [6.45, 7) is 14.5. The van der Waals surface area contributed by atoms with E-state index < -0.39 is 8.32 Å². The first-order chi connectivity index (χ1) is 7.47. The van der Waals surface area contributed by atoms with Gasteiger partial charge in [-0.3, -0.25) is 10.1 Å². The summed E-state index contributed by atoms with van der Waals surface area (Å²) >= 11 is 0. The van der Waals surface area contributed by atoms with Crippen molar-refractivity contribution in [2.75, 3.05) is 6.61 Å². The molecule has 0 heterocycles. The summed E-state index contributed by atoms with van der Waals surface area (Å²) < 4.78 is 5.85. The number of nitrogens with zero attached hydrogens (tertiary/aromatic N) is 1. The van der Waals surface area contributed by atoms with Crippen LogP contribution in [-0.2, 0) is 4.43 Å². The molecule has 0 aliphatic carbocycles. The first kappa shape index (κ1) is 16.3. The average molecular weight is 259 g/mol. The van der Waals surface area contributed by atoms with Crippen LogP contribution in [0.15, 0.2) is 11.8 Å². The molecule has 5 heteroatoms. The van der Waals surface area contributed by atoms with Gasteiger partial charge in [0.05, 0.1) is 4.92 Å². The molecule has 0 aromatic heterocycles. The second-order valence-corrected chi connectivity index (χ2v) is 11.0. The summed E-state index contributed by atoms with van der Waals surface area (Å²) in [7, 11) is -1.91. The molecule has 0 aliphatic rings. The normalized spacial score (nSPS) is 14.2. The fourth-order valence-electron chi connectivity index (χ4n) is 1.02. The van der Waals surface area contributed by atoms with Crippen molar-refractivity contribution in [2.24, 2.45) is 5.92 Å². The Morgan fingerprint density at radius 2 is 1.88 bits per heavy atom. The van der Waals surface area contributed by atoms with Crippen LogP contribution in [0.1, 0.15) is 34.6 Å². The predicted octanol–water partition coefficient (Wildman–Crippen LogP) is 3.82. The van der Waals surface area contributed by atoms with E-state index in [0.29, 0.717) is 0 Å². The molecule has 0 amide bonds. The highest BCUT2D eigenvalue weighted by Gasteiger charge is 2.38. The SMILES string of the molecule is CC(C)/C=C(\CO[Si](C)(C)C(C)(C)C)[N+](=O)[O-]. The Labute approximate surface area is 105 Å². The molecule has 0 rings (SSSR count). The Balaban J connectivity index is 4.69. The lowest BCUT2D eigenvalue weighted by Gasteiger charge is -2.35. The number of nitro groups is 1. The van der Waals surface area contributed by atoms with Crippen LogP contribution in [-0.4, -0.2) is 19.8 Å². The van der Waals surface area contributed by atoms with Gasteiger partial charge < -0.3 is 4.43 Å². The van der Waals surface area contributed by atoms with E-state index >= 15 is 0 Å². The van der Waals surface area contributed by atoms with E-state index in [2.05, 4.69) is 33.9 Å². The highest BCUT2D eigenvalue weighted by Crippen LogP contribution is 2.36. The van der Waals surface area contributed by atoms with Crippen LogP contribution >= 0.6 is 0 Å². The van der Waals surface area contributed by atoms with Gasteiger partial charge in [0.2, 0.25) is 0 Å². The molecule has 0 N–H and O–H groups in total. The Kier molecular flexibility index (Phi) is 5.54. The van der Waals surface area contributed by atoms with Gasteiger partial charge in [-0.05, 0) is 30.1 Å². The highest BCUT2D eigenvalue weighted by atomic mass is 28.4. The summed E-state index contributed by atoms with van der Waals surface area (Å²) in [6.07, 6.45) is 1.66. The zero-order valence-corrected chi connectivity index (χ0v) is 13.0. The third kappa shape index (κ3) is 5.45. The van der Waals surface area contributed by atoms with Crippen LogP contribution in [0.3, 0.4) is 0 Å². The maximum Gasteiger partial charge on any atom is 0.266 e. The van der Waals surface area contributed by atoms with Crippen LogP contribution in [0.25, 0.3) is 0 Å². The smallest absolute Gasteiger partial charge is 0.266 e. The maximum atomic E-state index is 10.9. The first-order valence-electron chi connectivity index (χ1n) is 5.96. The van der Waals surface area contributed by atoms with E-state index in [4.69, 9.17) is 4.43 Å². The third-order valence-corrected chi connectivity index (χ3v) is 7.63. The van der Waals surface area contributed by atoms with Gasteiger partial charge in [0.1, 0.15) is 6.61 Å². The molecule has 0 saturated carbocycles. The van der Waals surface area contributed by atoms with Crippen molar-refractivity contribution in [3.05, 3.63) is 21.9 Å². The molecule has 0 atom stereocenters. The van der Waals surface area contributed by atoms with Gasteiger partial charge >= 0.3 is 0 Å². The number of hydrogen-bond acceptors (Lipinski definition) is 3. The summed E-state index contributed by atoms with van der Waals surface area (Å²) in [5.74, 6) is 0.165. The second-order valence-electron chi connectivity index (χ2n) is 6.21. The Hall–Kier alpha value is -0.683. The zero-order valence-electron chi connectivity index (χ0n) is 12.0. The molecule has 17 heavy (non-hydrogen) atoms. The van der Waals surface area contributed by atoms with Crippen molar-refractivity contribution in [1.82, 2.24) is 0 Å². The van der Waals surface area contributed by atoms with Gasteiger partial charge in [-0.25, -0.2) is 0 Å². The van der Waals surface area contributed by atoms with Gasteiger partial charge in [-0.15, -0.1) is 0 Å². The zero-order chi connectivity index (χ0) is 13.9. The van der Waals surface area contributed by atoms with Crippen molar-refractivity contribution < 1.29 is 9.35 Å². The molecule has 0 unspecified atom stereocenters. The average Bonchev–Trinajstić information content (AvgIpc) is 2.09. The Bertz CT molecular complexity index is 303. The molecule has 0 fully saturated rings. The molecular formula is C12H25NO3Si. The molecule has 0 saturated heterocycles. The third-order valence-electron chi connectivity index (χ3n) is 3.15. The van der Waals surface area contributed by atoms with E-state index in [1.54, 1.807) is 6.08 Å². The Morgan fingerprint density at radius 3 is 2.18 bits per heavy atom. The minimum absolute atomic E-state index is 0.0759. The minimum atomic E-state index is -1.91. The molecule has 100 valence electrons. The van der Waals surface area contributed by atoms with Crippen molar-refractivity contribution >= 4 is 8.32 Å². The lowest BCUT2D eigenvalue weighted by molar-refractivity contribution is -0.429. The van der Waals surface area contributed by atoms with Gasteiger partial charge in [0, 0.05) is 0 Å². The second kappa shape index (κ2) is 5.77. The molecule has 4 nitrogen and oxygen atoms in total. The standard InChI is InChI=1S/C12H25NO3Si/c1-10(2)8-11(13(14)15)9-16-17(6,7)12(3,4)5/h8,10H,9H2,1-7H3/b11-8+. The van der Waals surface area contributed by atoms with Crippen LogP contribution < -0.4 is 0 Å². The highest BCUT2D eigenvalue weighted by molar-refractivity contribution is 6.74. The van der Waals surface area contributed by atoms with E-state index in [0.717, 1.165) is 0 Å². The molecule has 0 aromatic rings. The molecule has 0 aromatic carbocycles. The number of rotatable bonds is 5. The fourth-order valence-corrected chi connectivity index (χ4v) is 1.96. The van der Waals surface area contributed by atoms with Gasteiger partial charge in [-0.1, -0.05) is 34.6 Å². The molecular weight excluding hydrogens is 234 g/mol. The van der Waals surface area contributed by atoms with Crippen molar-refractivity contribution in [1.29, 1.82) is 0 Å². The number of allylic oxidation sites excluding steroid dienone is 1. The van der Waals surface area contributed by atoms with Crippen LogP contribution in [0, 0.1) is 16.0 Å². The van der Waals surface area contributed by atoms with Crippen LogP contribution in [0.4, 0.5) is 0 Å². The van der Waals surface area contributed by atoms with Crippen LogP contribution in [0.5, 0.6) is 0 Å². The quantitative estimate of drug-likeness (QED) is 0.428. The predicted molar refractivity (Wildman–Crippen MR) is 73.1 cm³/mol. The first-order valence-corrected chi connectivity index (χ1v) is 8.87. The van der Waals surface area contributed by atoms with E-state index in [9.17, 15) is 10.1 Å². The summed E-state index contributed by atoms with van der Waals surface area (Å²) in [6, 6.07) is 0. The van der Waals surface area contributed by atoms with Crippen molar-refractivity contribution in [3.63, 3.8) is 0 Å². The summed E-state index contributed by atoms with van der Waals surface area (Å²) in [5.41, 5.74) is 0.171. The monoisotopic (exact) mass is 259 g/mol. The van der Waals surface area contributed by atoms with Crippen molar-refractivity contribution in [2.45, 2.75) is 52.8 Å². The van der Waals surface area contributed by atoms with Gasteiger partial charge in [0.15, 0.2) is 8.32 Å². The topological polar surface area (TPSA) is 52.4 Å². The summed E-state index contributed by atoms with van der Waals surface area (Å²) in [4.78, 5) is 10.5. The van der Waals surface area contributed by atoms with Gasteiger partial charge in [0.25, 0.3) is 5.70 Å². The van der Waals surface area contributed by atoms with Crippen LogP contribution in [0.2, 0.25) is 18.1 Å². The lowest BCUT2D eigenvalue weighted by atomic mass is 10.2. The molecule has 0 radical (unpaired) electrons. The maximum absolute atomic E-state index is 10.9. The number of hydrogen-bond donors (Lipinski definition) is 0. The lowest BCUT2D eigenvalue weighted by Crippen LogP contribution is -2.41. The van der Waals surface area contributed by atoms with E-state index in [1.165, 1.54) is 0 Å². The molecule has 0 bridgehead atoms. The molecule has 0 spiro atoms. The van der Waals surface area contributed by atoms with E-state index in [-0.39, 0.29) is 28.2 Å². The Morgan fingerprint density at radius 1 is 1.41 bits per heavy atom. The fraction of sp³-hybridized carbons (Fsp3) is 0.833. The largest absolute Gasteiger partial charge is 0.406 e.